The molecule has 3 unspecified atom stereocenters. The van der Waals surface area contributed by atoms with E-state index in [0.29, 0.717) is 24.4 Å². The van der Waals surface area contributed by atoms with E-state index in [1.807, 2.05) is 0 Å². The lowest BCUT2D eigenvalue weighted by Crippen LogP contribution is -2.48. The van der Waals surface area contributed by atoms with Crippen molar-refractivity contribution in [3.8, 4) is 0 Å². The summed E-state index contributed by atoms with van der Waals surface area (Å²) >= 11 is 0. The van der Waals surface area contributed by atoms with Gasteiger partial charge in [0.2, 0.25) is 5.91 Å². The number of fused-ring (bicyclic) bond motifs is 1. The fourth-order valence-electron chi connectivity index (χ4n) is 3.90. The maximum Gasteiger partial charge on any atom is 0.239 e. The van der Waals surface area contributed by atoms with Gasteiger partial charge in [0, 0.05) is 31.4 Å². The Hall–Kier alpha value is -1.26. The van der Waals surface area contributed by atoms with Crippen molar-refractivity contribution in [1.29, 1.82) is 0 Å². The van der Waals surface area contributed by atoms with Crippen LogP contribution in [0.1, 0.15) is 38.7 Å². The smallest absolute Gasteiger partial charge is 0.239 e. The minimum Gasteiger partial charge on any atom is -0.361 e. The molecular formula is C19H30ClN3O. The monoisotopic (exact) mass is 351 g/mol. The third kappa shape index (κ3) is 4.42. The van der Waals surface area contributed by atoms with E-state index < -0.39 is 0 Å². The van der Waals surface area contributed by atoms with Crippen molar-refractivity contribution in [3.05, 3.63) is 29.8 Å². The molecule has 1 amide bonds. The normalized spacial score (nSPS) is 26.8. The summed E-state index contributed by atoms with van der Waals surface area (Å²) in [4.78, 5) is 14.8. The van der Waals surface area contributed by atoms with Gasteiger partial charge in [-0.3, -0.25) is 4.79 Å². The van der Waals surface area contributed by atoms with Crippen LogP contribution in [-0.2, 0) is 11.3 Å². The van der Waals surface area contributed by atoms with Crippen LogP contribution in [0, 0.1) is 11.8 Å². The lowest BCUT2D eigenvalue weighted by atomic mass is 9.78. The van der Waals surface area contributed by atoms with Crippen LogP contribution in [0.15, 0.2) is 24.3 Å². The second kappa shape index (κ2) is 8.72. The number of anilines is 1. The van der Waals surface area contributed by atoms with E-state index in [0.717, 1.165) is 26.1 Å². The van der Waals surface area contributed by atoms with Gasteiger partial charge in [-0.25, -0.2) is 0 Å². The lowest BCUT2D eigenvalue weighted by Gasteiger charge is -2.35. The molecule has 1 aliphatic carbocycles. The van der Waals surface area contributed by atoms with Crippen molar-refractivity contribution in [2.24, 2.45) is 11.8 Å². The van der Waals surface area contributed by atoms with Crippen LogP contribution in [0.3, 0.4) is 0 Å². The Labute approximate surface area is 151 Å². The highest BCUT2D eigenvalue weighted by molar-refractivity contribution is 5.85. The maximum atomic E-state index is 12.6. The molecule has 3 atom stereocenters. The third-order valence-electron chi connectivity index (χ3n) is 5.59. The van der Waals surface area contributed by atoms with E-state index in [2.05, 4.69) is 53.6 Å². The molecule has 24 heavy (non-hydrogen) atoms. The summed E-state index contributed by atoms with van der Waals surface area (Å²) in [5.41, 5.74) is 2.47. The summed E-state index contributed by atoms with van der Waals surface area (Å²) in [5.74, 6) is 1.44. The molecule has 1 aromatic carbocycles. The Morgan fingerprint density at radius 1 is 1.29 bits per heavy atom. The van der Waals surface area contributed by atoms with Crippen molar-refractivity contribution >= 4 is 24.0 Å². The molecule has 1 aromatic rings. The molecular weight excluding hydrogens is 322 g/mol. The predicted octanol–water partition coefficient (Wildman–Crippen LogP) is 2.96. The fraction of sp³-hybridized carbons (Fsp3) is 0.632. The van der Waals surface area contributed by atoms with Crippen molar-refractivity contribution < 1.29 is 4.79 Å². The van der Waals surface area contributed by atoms with E-state index >= 15 is 0 Å². The van der Waals surface area contributed by atoms with E-state index in [-0.39, 0.29) is 18.3 Å². The Balaban J connectivity index is 0.00000208. The molecule has 2 N–H and O–H groups in total. The maximum absolute atomic E-state index is 12.6. The molecule has 0 spiro atoms. The van der Waals surface area contributed by atoms with Crippen molar-refractivity contribution in [1.82, 2.24) is 10.6 Å². The summed E-state index contributed by atoms with van der Waals surface area (Å²) in [6.45, 7) is 7.71. The van der Waals surface area contributed by atoms with Gasteiger partial charge in [0.15, 0.2) is 0 Å². The van der Waals surface area contributed by atoms with Crippen molar-refractivity contribution in [3.63, 3.8) is 0 Å². The highest BCUT2D eigenvalue weighted by Crippen LogP contribution is 2.29. The highest BCUT2D eigenvalue weighted by Gasteiger charge is 2.28. The number of carbonyl (C=O) groups excluding carboxylic acids is 1. The van der Waals surface area contributed by atoms with Crippen LogP contribution in [0.5, 0.6) is 0 Å². The number of halogens is 1. The molecule has 134 valence electrons. The second-order valence-electron chi connectivity index (χ2n) is 7.17. The first-order chi connectivity index (χ1) is 11.1. The number of hydrogen-bond acceptors (Lipinski definition) is 3. The number of carbonyl (C=O) groups is 1. The molecule has 0 radical (unpaired) electrons. The first-order valence-corrected chi connectivity index (χ1v) is 8.98. The minimum atomic E-state index is 0. The predicted molar refractivity (Wildman–Crippen MR) is 102 cm³/mol. The van der Waals surface area contributed by atoms with Crippen molar-refractivity contribution in [2.75, 3.05) is 24.5 Å². The summed E-state index contributed by atoms with van der Waals surface area (Å²) < 4.78 is 0. The zero-order chi connectivity index (χ0) is 16.2. The summed E-state index contributed by atoms with van der Waals surface area (Å²) in [6.07, 6.45) is 3.64. The molecule has 1 saturated carbocycles. The SMILES string of the molecule is CC1CCCC(NC(=O)CN2CCNCc3ccccc32)C1C.Cl. The zero-order valence-electron chi connectivity index (χ0n) is 14.8. The number of benzene rings is 1. The van der Waals surface area contributed by atoms with E-state index in [1.54, 1.807) is 0 Å². The highest BCUT2D eigenvalue weighted by atomic mass is 35.5. The Morgan fingerprint density at radius 3 is 2.92 bits per heavy atom. The largest absolute Gasteiger partial charge is 0.361 e. The van der Waals surface area contributed by atoms with Crippen LogP contribution in [0.25, 0.3) is 0 Å². The fourth-order valence-corrected chi connectivity index (χ4v) is 3.90. The average Bonchev–Trinajstić information content (AvgIpc) is 2.75. The molecule has 0 bridgehead atoms. The molecule has 1 heterocycles. The van der Waals surface area contributed by atoms with E-state index in [1.165, 1.54) is 24.1 Å². The second-order valence-corrected chi connectivity index (χ2v) is 7.17. The molecule has 1 fully saturated rings. The minimum absolute atomic E-state index is 0. The Bertz CT molecular complexity index is 551. The van der Waals surface area contributed by atoms with Gasteiger partial charge in [-0.15, -0.1) is 12.4 Å². The van der Waals surface area contributed by atoms with Gasteiger partial charge in [-0.1, -0.05) is 44.9 Å². The first kappa shape index (κ1) is 19.1. The van der Waals surface area contributed by atoms with Gasteiger partial charge in [-0.05, 0) is 29.9 Å². The number of amides is 1. The molecule has 3 rings (SSSR count). The molecule has 4 nitrogen and oxygen atoms in total. The van der Waals surface area contributed by atoms with Crippen LogP contribution >= 0.6 is 12.4 Å². The Kier molecular flexibility index (Phi) is 6.93. The molecule has 0 aromatic heterocycles. The van der Waals surface area contributed by atoms with Gasteiger partial charge >= 0.3 is 0 Å². The Morgan fingerprint density at radius 2 is 2.08 bits per heavy atom. The van der Waals surface area contributed by atoms with Crippen LogP contribution in [-0.4, -0.2) is 31.6 Å². The summed E-state index contributed by atoms with van der Waals surface area (Å²) in [5, 5.41) is 6.72. The molecule has 2 aliphatic rings. The summed E-state index contributed by atoms with van der Waals surface area (Å²) in [7, 11) is 0. The topological polar surface area (TPSA) is 44.4 Å². The summed E-state index contributed by atoms with van der Waals surface area (Å²) in [6, 6.07) is 8.73. The van der Waals surface area contributed by atoms with Gasteiger partial charge in [0.1, 0.15) is 0 Å². The first-order valence-electron chi connectivity index (χ1n) is 8.98. The number of nitrogens with one attached hydrogen (secondary N) is 2. The van der Waals surface area contributed by atoms with E-state index in [4.69, 9.17) is 0 Å². The number of para-hydroxylation sites is 1. The van der Waals surface area contributed by atoms with Crippen LogP contribution in [0.4, 0.5) is 5.69 Å². The lowest BCUT2D eigenvalue weighted by molar-refractivity contribution is -0.121. The number of nitrogens with zero attached hydrogens (tertiary/aromatic N) is 1. The van der Waals surface area contributed by atoms with E-state index in [9.17, 15) is 4.79 Å². The molecule has 5 heteroatoms. The molecule has 1 aliphatic heterocycles. The van der Waals surface area contributed by atoms with Gasteiger partial charge in [-0.2, -0.15) is 0 Å². The van der Waals surface area contributed by atoms with Gasteiger partial charge < -0.3 is 15.5 Å². The zero-order valence-corrected chi connectivity index (χ0v) is 15.6. The number of rotatable bonds is 3. The number of hydrogen-bond donors (Lipinski definition) is 2. The third-order valence-corrected chi connectivity index (χ3v) is 5.59. The van der Waals surface area contributed by atoms with Gasteiger partial charge in [0.25, 0.3) is 0 Å². The van der Waals surface area contributed by atoms with Crippen LogP contribution in [0.2, 0.25) is 0 Å². The van der Waals surface area contributed by atoms with Gasteiger partial charge in [0.05, 0.1) is 6.54 Å². The standard InChI is InChI=1S/C19H29N3O.ClH/c1-14-6-5-8-17(15(14)2)21-19(23)13-22-11-10-20-12-16-7-3-4-9-18(16)22;/h3-4,7,9,14-15,17,20H,5-6,8,10-13H2,1-2H3,(H,21,23);1H. The molecule has 0 saturated heterocycles. The quantitative estimate of drug-likeness (QED) is 0.880. The average molecular weight is 352 g/mol. The van der Waals surface area contributed by atoms with Crippen LogP contribution < -0.4 is 15.5 Å². The van der Waals surface area contributed by atoms with Crippen molar-refractivity contribution in [2.45, 2.75) is 45.7 Å².